The third-order valence-electron chi connectivity index (χ3n) is 1.71. The lowest BCUT2D eigenvalue weighted by atomic mass is 10.2. The summed E-state index contributed by atoms with van der Waals surface area (Å²) in [5, 5.41) is 2.89. The van der Waals surface area contributed by atoms with Crippen LogP contribution in [0.5, 0.6) is 0 Å². The van der Waals surface area contributed by atoms with Gasteiger partial charge in [0.25, 0.3) is 0 Å². The van der Waals surface area contributed by atoms with Crippen LogP contribution in [0, 0.1) is 5.82 Å². The molecule has 0 heterocycles. The summed E-state index contributed by atoms with van der Waals surface area (Å²) in [7, 11) is 0. The molecular weight excluding hydrogens is 267 g/mol. The fourth-order valence-corrected chi connectivity index (χ4v) is 1.93. The van der Waals surface area contributed by atoms with Gasteiger partial charge in [-0.05, 0) is 35.0 Å². The fourth-order valence-electron chi connectivity index (χ4n) is 1.07. The highest BCUT2D eigenvalue weighted by Gasteiger charge is 2.11. The van der Waals surface area contributed by atoms with Crippen molar-refractivity contribution in [2.45, 2.75) is 6.92 Å². The Balaban J connectivity index is 3.19. The van der Waals surface area contributed by atoms with Crippen molar-refractivity contribution in [2.24, 2.45) is 5.73 Å². The Morgan fingerprint density at radius 2 is 2.29 bits per heavy atom. The fraction of sp³-hybridized carbons (Fsp3) is 0.222. The van der Waals surface area contributed by atoms with Crippen LogP contribution in [0.25, 0.3) is 0 Å². The van der Waals surface area contributed by atoms with Crippen molar-refractivity contribution in [3.63, 3.8) is 0 Å². The summed E-state index contributed by atoms with van der Waals surface area (Å²) in [5.74, 6) is -0.364. The molecule has 0 aromatic heterocycles. The van der Waals surface area contributed by atoms with Gasteiger partial charge < -0.3 is 11.1 Å². The van der Waals surface area contributed by atoms with E-state index in [1.807, 2.05) is 6.92 Å². The van der Waals surface area contributed by atoms with Crippen molar-refractivity contribution < 1.29 is 4.39 Å². The zero-order valence-corrected chi connectivity index (χ0v) is 10.0. The highest BCUT2D eigenvalue weighted by molar-refractivity contribution is 9.10. The predicted molar refractivity (Wildman–Crippen MR) is 64.2 cm³/mol. The van der Waals surface area contributed by atoms with E-state index in [0.717, 1.165) is 0 Å². The Bertz CT molecular complexity index is 368. The summed E-state index contributed by atoms with van der Waals surface area (Å²) in [6.07, 6.45) is 0. The van der Waals surface area contributed by atoms with E-state index >= 15 is 0 Å². The average Bonchev–Trinajstić information content (AvgIpc) is 2.13. The number of hydrogen-bond acceptors (Lipinski definition) is 2. The van der Waals surface area contributed by atoms with Crippen LogP contribution in [0.15, 0.2) is 16.6 Å². The summed E-state index contributed by atoms with van der Waals surface area (Å²) >= 11 is 7.90. The molecule has 0 aliphatic rings. The van der Waals surface area contributed by atoms with Gasteiger partial charge >= 0.3 is 0 Å². The van der Waals surface area contributed by atoms with Crippen LogP contribution < -0.4 is 11.1 Å². The van der Waals surface area contributed by atoms with Crippen LogP contribution in [0.1, 0.15) is 12.5 Å². The van der Waals surface area contributed by atoms with Crippen molar-refractivity contribution in [3.8, 4) is 0 Å². The molecule has 0 atom stereocenters. The molecule has 2 nitrogen and oxygen atoms in total. The normalized spacial score (nSPS) is 9.93. The number of anilines is 1. The van der Waals surface area contributed by atoms with Crippen LogP contribution in [-0.4, -0.2) is 11.5 Å². The second kappa shape index (κ2) is 4.70. The van der Waals surface area contributed by atoms with E-state index in [0.29, 0.717) is 22.3 Å². The first-order chi connectivity index (χ1) is 6.57. The summed E-state index contributed by atoms with van der Waals surface area (Å²) in [6, 6.07) is 3.31. The average molecular weight is 277 g/mol. The monoisotopic (exact) mass is 276 g/mol. The lowest BCUT2D eigenvalue weighted by Crippen LogP contribution is -2.11. The second-order valence-electron chi connectivity index (χ2n) is 2.68. The first kappa shape index (κ1) is 11.4. The molecule has 1 aromatic rings. The maximum Gasteiger partial charge on any atom is 0.161 e. The van der Waals surface area contributed by atoms with E-state index in [4.69, 9.17) is 18.0 Å². The quantitative estimate of drug-likeness (QED) is 0.834. The van der Waals surface area contributed by atoms with Gasteiger partial charge in [0.2, 0.25) is 0 Å². The topological polar surface area (TPSA) is 38.0 Å². The third kappa shape index (κ3) is 2.22. The first-order valence-electron chi connectivity index (χ1n) is 4.09. The largest absolute Gasteiger partial charge is 0.389 e. The molecule has 0 fully saturated rings. The minimum absolute atomic E-state index is 0.179. The zero-order valence-electron chi connectivity index (χ0n) is 7.60. The molecular formula is C9H10BrFN2S. The standard InChI is InChI=1S/C9H10BrFN2S/c1-2-13-6-4-3-5(9(12)14)7(10)8(6)11/h3-4,13H,2H2,1H3,(H2,12,14). The van der Waals surface area contributed by atoms with Gasteiger partial charge in [-0.25, -0.2) is 4.39 Å². The lowest BCUT2D eigenvalue weighted by molar-refractivity contribution is 0.623. The van der Waals surface area contributed by atoms with Crippen LogP contribution in [0.2, 0.25) is 0 Å². The number of halogens is 2. The van der Waals surface area contributed by atoms with Crippen LogP contribution >= 0.6 is 28.1 Å². The highest BCUT2D eigenvalue weighted by Crippen LogP contribution is 2.26. The lowest BCUT2D eigenvalue weighted by Gasteiger charge is -2.09. The molecule has 1 aromatic carbocycles. The van der Waals surface area contributed by atoms with Gasteiger partial charge in [-0.1, -0.05) is 12.2 Å². The Labute approximate surface area is 95.8 Å². The van der Waals surface area contributed by atoms with Crippen molar-refractivity contribution in [2.75, 3.05) is 11.9 Å². The first-order valence-corrected chi connectivity index (χ1v) is 5.29. The molecule has 1 rings (SSSR count). The van der Waals surface area contributed by atoms with Crippen molar-refractivity contribution in [1.29, 1.82) is 0 Å². The third-order valence-corrected chi connectivity index (χ3v) is 2.71. The van der Waals surface area contributed by atoms with E-state index in [1.165, 1.54) is 0 Å². The molecule has 0 amide bonds. The van der Waals surface area contributed by atoms with E-state index < -0.39 is 0 Å². The maximum absolute atomic E-state index is 13.6. The minimum Gasteiger partial charge on any atom is -0.389 e. The van der Waals surface area contributed by atoms with Crippen molar-refractivity contribution in [1.82, 2.24) is 0 Å². The van der Waals surface area contributed by atoms with Gasteiger partial charge in [0.1, 0.15) is 4.99 Å². The van der Waals surface area contributed by atoms with Gasteiger partial charge in [0, 0.05) is 12.1 Å². The van der Waals surface area contributed by atoms with E-state index in [9.17, 15) is 4.39 Å². The number of nitrogens with one attached hydrogen (secondary N) is 1. The Morgan fingerprint density at radius 3 is 2.79 bits per heavy atom. The number of hydrogen-bond donors (Lipinski definition) is 2. The second-order valence-corrected chi connectivity index (χ2v) is 3.92. The summed E-state index contributed by atoms with van der Waals surface area (Å²) in [6.45, 7) is 2.56. The van der Waals surface area contributed by atoms with E-state index in [-0.39, 0.29) is 10.8 Å². The van der Waals surface area contributed by atoms with Crippen LogP contribution in [0.3, 0.4) is 0 Å². The molecule has 76 valence electrons. The maximum atomic E-state index is 13.6. The molecule has 0 bridgehead atoms. The molecule has 3 N–H and O–H groups in total. The van der Waals surface area contributed by atoms with Gasteiger partial charge in [-0.15, -0.1) is 0 Å². The van der Waals surface area contributed by atoms with E-state index in [1.54, 1.807) is 12.1 Å². The number of benzene rings is 1. The molecule has 0 radical (unpaired) electrons. The van der Waals surface area contributed by atoms with Gasteiger partial charge in [0.15, 0.2) is 5.82 Å². The highest BCUT2D eigenvalue weighted by atomic mass is 79.9. The number of rotatable bonds is 3. The molecule has 0 spiro atoms. The molecule has 0 saturated heterocycles. The Kier molecular flexibility index (Phi) is 3.83. The summed E-state index contributed by atoms with van der Waals surface area (Å²) in [4.78, 5) is 0.179. The molecule has 0 aliphatic carbocycles. The number of thiocarbonyl (C=S) groups is 1. The molecule has 14 heavy (non-hydrogen) atoms. The van der Waals surface area contributed by atoms with Gasteiger partial charge in [-0.2, -0.15) is 0 Å². The zero-order chi connectivity index (χ0) is 10.7. The Hall–Kier alpha value is -0.680. The van der Waals surface area contributed by atoms with Gasteiger partial charge in [-0.3, -0.25) is 0 Å². The SMILES string of the molecule is CCNc1ccc(C(N)=S)c(Br)c1F. The number of nitrogens with two attached hydrogens (primary N) is 1. The predicted octanol–water partition coefficient (Wildman–Crippen LogP) is 2.65. The van der Waals surface area contributed by atoms with Gasteiger partial charge in [0.05, 0.1) is 10.2 Å². The molecule has 0 unspecified atom stereocenters. The van der Waals surface area contributed by atoms with E-state index in [2.05, 4.69) is 21.2 Å². The van der Waals surface area contributed by atoms with Crippen LogP contribution in [-0.2, 0) is 0 Å². The molecule has 0 saturated carbocycles. The smallest absolute Gasteiger partial charge is 0.161 e. The summed E-state index contributed by atoms with van der Waals surface area (Å²) < 4.78 is 13.9. The van der Waals surface area contributed by atoms with Crippen molar-refractivity contribution >= 4 is 38.8 Å². The summed E-state index contributed by atoms with van der Waals surface area (Å²) in [5.41, 5.74) is 6.38. The van der Waals surface area contributed by atoms with Crippen LogP contribution in [0.4, 0.5) is 10.1 Å². The van der Waals surface area contributed by atoms with Crippen molar-refractivity contribution in [3.05, 3.63) is 28.0 Å². The molecule has 0 aliphatic heterocycles. The minimum atomic E-state index is -0.364. The molecule has 5 heteroatoms. The Morgan fingerprint density at radius 1 is 1.64 bits per heavy atom.